The summed E-state index contributed by atoms with van der Waals surface area (Å²) in [6, 6.07) is 0. The van der Waals surface area contributed by atoms with Gasteiger partial charge in [-0.1, -0.05) is 6.58 Å². The van der Waals surface area contributed by atoms with E-state index in [2.05, 4.69) is 6.58 Å². The number of methoxy groups -OCH3 is 1. The molecule has 0 fully saturated rings. The minimum atomic E-state index is 0.0584. The molecule has 0 rings (SSSR count). The molecule has 0 aliphatic heterocycles. The summed E-state index contributed by atoms with van der Waals surface area (Å²) in [6.45, 7) is 7.39. The normalized spacial score (nSPS) is 10.5. The fraction of sp³-hybridized carbons (Fsp3) is 0.769. The number of ether oxygens (including phenoxy) is 4. The zero-order valence-corrected chi connectivity index (χ0v) is 11.2. The largest absolute Gasteiger partial charge is 0.382 e. The fourth-order valence-electron chi connectivity index (χ4n) is 1.13. The average Bonchev–Trinajstić information content (AvgIpc) is 2.39. The predicted octanol–water partition coefficient (Wildman–Crippen LogP) is 1.22. The molecular formula is C13H24O5. The van der Waals surface area contributed by atoms with Gasteiger partial charge in [-0.15, -0.1) is 0 Å². The molecule has 0 saturated carbocycles. The number of ketones is 1. The molecule has 5 nitrogen and oxygen atoms in total. The second-order valence-electron chi connectivity index (χ2n) is 3.60. The van der Waals surface area contributed by atoms with Crippen molar-refractivity contribution in [2.24, 2.45) is 0 Å². The molecule has 0 amide bonds. The third kappa shape index (κ3) is 13.3. The van der Waals surface area contributed by atoms with Gasteiger partial charge >= 0.3 is 0 Å². The topological polar surface area (TPSA) is 54.0 Å². The first kappa shape index (κ1) is 17.2. The molecule has 0 radical (unpaired) electrons. The number of hydrogen-bond donors (Lipinski definition) is 0. The lowest BCUT2D eigenvalue weighted by atomic mass is 10.2. The summed E-state index contributed by atoms with van der Waals surface area (Å²) in [6.07, 6.45) is 2.56. The van der Waals surface area contributed by atoms with E-state index in [1.165, 1.54) is 6.08 Å². The van der Waals surface area contributed by atoms with Gasteiger partial charge in [0.2, 0.25) is 0 Å². The smallest absolute Gasteiger partial charge is 0.155 e. The number of hydrogen-bond acceptors (Lipinski definition) is 5. The predicted molar refractivity (Wildman–Crippen MR) is 68.8 cm³/mol. The highest BCUT2D eigenvalue weighted by atomic mass is 16.6. The van der Waals surface area contributed by atoms with Crippen LogP contribution in [0, 0.1) is 0 Å². The van der Waals surface area contributed by atoms with Crippen LogP contribution in [0.2, 0.25) is 0 Å². The Morgan fingerprint density at radius 1 is 0.944 bits per heavy atom. The molecule has 0 aromatic heterocycles. The van der Waals surface area contributed by atoms with Crippen LogP contribution in [0.4, 0.5) is 0 Å². The molecule has 0 aromatic rings. The maximum Gasteiger partial charge on any atom is 0.155 e. The van der Waals surface area contributed by atoms with Gasteiger partial charge in [-0.2, -0.15) is 0 Å². The lowest BCUT2D eigenvalue weighted by Gasteiger charge is -2.06. The SMILES string of the molecule is C=CC(=O)CCCOCCOCCOCCOC. The van der Waals surface area contributed by atoms with Crippen molar-refractivity contribution >= 4 is 5.78 Å². The minimum absolute atomic E-state index is 0.0584. The van der Waals surface area contributed by atoms with E-state index in [1.807, 2.05) is 0 Å². The highest BCUT2D eigenvalue weighted by Crippen LogP contribution is 1.92. The second-order valence-corrected chi connectivity index (χ2v) is 3.60. The Morgan fingerprint density at radius 2 is 1.44 bits per heavy atom. The molecule has 0 unspecified atom stereocenters. The Kier molecular flexibility index (Phi) is 13.7. The zero-order valence-electron chi connectivity index (χ0n) is 11.2. The Bertz CT molecular complexity index is 206. The van der Waals surface area contributed by atoms with Gasteiger partial charge in [0.05, 0.1) is 39.6 Å². The van der Waals surface area contributed by atoms with Crippen molar-refractivity contribution in [1.82, 2.24) is 0 Å². The van der Waals surface area contributed by atoms with Gasteiger partial charge < -0.3 is 18.9 Å². The summed E-state index contributed by atoms with van der Waals surface area (Å²) in [5, 5.41) is 0. The van der Waals surface area contributed by atoms with Crippen molar-refractivity contribution in [2.45, 2.75) is 12.8 Å². The fourth-order valence-corrected chi connectivity index (χ4v) is 1.13. The second kappa shape index (κ2) is 14.3. The van der Waals surface area contributed by atoms with Gasteiger partial charge in [0.1, 0.15) is 0 Å². The lowest BCUT2D eigenvalue weighted by molar-refractivity contribution is -0.114. The van der Waals surface area contributed by atoms with Gasteiger partial charge in [0, 0.05) is 20.1 Å². The summed E-state index contributed by atoms with van der Waals surface area (Å²) in [5.74, 6) is 0.0584. The van der Waals surface area contributed by atoms with Gasteiger partial charge in [0.15, 0.2) is 5.78 Å². The summed E-state index contributed by atoms with van der Waals surface area (Å²) in [7, 11) is 1.64. The summed E-state index contributed by atoms with van der Waals surface area (Å²) in [5.41, 5.74) is 0. The Labute approximate surface area is 109 Å². The third-order valence-corrected chi connectivity index (χ3v) is 2.12. The van der Waals surface area contributed by atoms with Crippen LogP contribution < -0.4 is 0 Å². The average molecular weight is 260 g/mol. The quantitative estimate of drug-likeness (QED) is 0.347. The maximum absolute atomic E-state index is 10.9. The minimum Gasteiger partial charge on any atom is -0.382 e. The van der Waals surface area contributed by atoms with E-state index in [1.54, 1.807) is 7.11 Å². The van der Waals surface area contributed by atoms with Gasteiger partial charge in [-0.25, -0.2) is 0 Å². The molecule has 0 saturated heterocycles. The number of rotatable bonds is 14. The standard InChI is InChI=1S/C13H24O5/c1-3-13(14)5-4-6-16-9-10-18-12-11-17-8-7-15-2/h3H,1,4-12H2,2H3. The summed E-state index contributed by atoms with van der Waals surface area (Å²) < 4.78 is 20.6. The van der Waals surface area contributed by atoms with Crippen molar-refractivity contribution in [2.75, 3.05) is 53.4 Å². The highest BCUT2D eigenvalue weighted by molar-refractivity contribution is 5.88. The third-order valence-electron chi connectivity index (χ3n) is 2.12. The van der Waals surface area contributed by atoms with Crippen molar-refractivity contribution < 1.29 is 23.7 Å². The highest BCUT2D eigenvalue weighted by Gasteiger charge is 1.96. The number of allylic oxidation sites excluding steroid dienone is 1. The molecule has 0 aliphatic carbocycles. The van der Waals surface area contributed by atoms with Crippen molar-refractivity contribution in [1.29, 1.82) is 0 Å². The Balaban J connectivity index is 2.98. The van der Waals surface area contributed by atoms with Crippen molar-refractivity contribution in [3.8, 4) is 0 Å². The lowest BCUT2D eigenvalue weighted by Crippen LogP contribution is -2.11. The van der Waals surface area contributed by atoms with Crippen LogP contribution in [0.15, 0.2) is 12.7 Å². The number of carbonyl (C=O) groups excluding carboxylic acids is 1. The van der Waals surface area contributed by atoms with Crippen molar-refractivity contribution in [3.05, 3.63) is 12.7 Å². The van der Waals surface area contributed by atoms with Crippen LogP contribution in [0.25, 0.3) is 0 Å². The van der Waals surface area contributed by atoms with E-state index in [-0.39, 0.29) is 5.78 Å². The molecule has 0 aliphatic rings. The molecule has 0 heterocycles. The van der Waals surface area contributed by atoms with Crippen LogP contribution in [-0.2, 0) is 23.7 Å². The first-order valence-electron chi connectivity index (χ1n) is 6.18. The molecule has 18 heavy (non-hydrogen) atoms. The molecule has 106 valence electrons. The maximum atomic E-state index is 10.9. The summed E-state index contributed by atoms with van der Waals surface area (Å²) >= 11 is 0. The van der Waals surface area contributed by atoms with Crippen LogP contribution in [-0.4, -0.2) is 59.1 Å². The van der Waals surface area contributed by atoms with Crippen LogP contribution in [0.1, 0.15) is 12.8 Å². The van der Waals surface area contributed by atoms with Gasteiger partial charge in [-0.05, 0) is 12.5 Å². The van der Waals surface area contributed by atoms with E-state index >= 15 is 0 Å². The molecule has 0 aromatic carbocycles. The van der Waals surface area contributed by atoms with Crippen LogP contribution in [0.3, 0.4) is 0 Å². The van der Waals surface area contributed by atoms with E-state index in [0.717, 1.165) is 6.42 Å². The first-order chi connectivity index (χ1) is 8.81. The van der Waals surface area contributed by atoms with Crippen molar-refractivity contribution in [3.63, 3.8) is 0 Å². The number of carbonyl (C=O) groups is 1. The van der Waals surface area contributed by atoms with Gasteiger partial charge in [-0.3, -0.25) is 4.79 Å². The molecule has 0 N–H and O–H groups in total. The monoisotopic (exact) mass is 260 g/mol. The zero-order chi connectivity index (χ0) is 13.5. The van der Waals surface area contributed by atoms with E-state index in [4.69, 9.17) is 18.9 Å². The van der Waals surface area contributed by atoms with Crippen LogP contribution >= 0.6 is 0 Å². The first-order valence-corrected chi connectivity index (χ1v) is 6.18. The molecule has 0 bridgehead atoms. The summed E-state index contributed by atoms with van der Waals surface area (Å²) in [4.78, 5) is 10.9. The molecule has 5 heteroatoms. The Morgan fingerprint density at radius 3 is 1.94 bits per heavy atom. The van der Waals surface area contributed by atoms with Crippen LogP contribution in [0.5, 0.6) is 0 Å². The van der Waals surface area contributed by atoms with Gasteiger partial charge in [0.25, 0.3) is 0 Å². The molecule has 0 spiro atoms. The van der Waals surface area contributed by atoms with E-state index in [0.29, 0.717) is 52.7 Å². The van der Waals surface area contributed by atoms with E-state index in [9.17, 15) is 4.79 Å². The molecular weight excluding hydrogens is 236 g/mol. The molecule has 0 atom stereocenters. The van der Waals surface area contributed by atoms with E-state index < -0.39 is 0 Å². The Hall–Kier alpha value is -0.750.